The van der Waals surface area contributed by atoms with Crippen molar-refractivity contribution in [2.24, 2.45) is 5.73 Å². The lowest BCUT2D eigenvalue weighted by Crippen LogP contribution is -2.43. The molecule has 1 fully saturated rings. The molecule has 2 N–H and O–H groups in total. The van der Waals surface area contributed by atoms with Crippen molar-refractivity contribution in [1.82, 2.24) is 0 Å². The first-order valence-corrected chi connectivity index (χ1v) is 4.22. The Morgan fingerprint density at radius 1 is 1.64 bits per heavy atom. The highest BCUT2D eigenvalue weighted by molar-refractivity contribution is 4.72. The van der Waals surface area contributed by atoms with E-state index in [1.54, 1.807) is 0 Å². The van der Waals surface area contributed by atoms with E-state index >= 15 is 0 Å². The van der Waals surface area contributed by atoms with Crippen LogP contribution >= 0.6 is 0 Å². The van der Waals surface area contributed by atoms with Crippen molar-refractivity contribution < 1.29 is 9.47 Å². The van der Waals surface area contributed by atoms with Crippen LogP contribution < -0.4 is 5.73 Å². The van der Waals surface area contributed by atoms with Gasteiger partial charge < -0.3 is 15.2 Å². The number of hydrogen-bond donors (Lipinski definition) is 1. The van der Waals surface area contributed by atoms with Gasteiger partial charge in [-0.15, -0.1) is 0 Å². The lowest BCUT2D eigenvalue weighted by Gasteiger charge is -2.31. The van der Waals surface area contributed by atoms with E-state index in [0.29, 0.717) is 6.10 Å². The summed E-state index contributed by atoms with van der Waals surface area (Å²) in [5.41, 5.74) is 5.78. The first kappa shape index (κ1) is 8.97. The molecule has 0 radical (unpaired) electrons. The van der Waals surface area contributed by atoms with Crippen LogP contribution in [0.15, 0.2) is 0 Å². The molecule has 1 aliphatic rings. The van der Waals surface area contributed by atoms with Gasteiger partial charge in [-0.05, 0) is 13.3 Å². The Morgan fingerprint density at radius 2 is 2.27 bits per heavy atom. The van der Waals surface area contributed by atoms with Gasteiger partial charge in [0.15, 0.2) is 0 Å². The molecule has 0 saturated carbocycles. The van der Waals surface area contributed by atoms with E-state index in [0.717, 1.165) is 19.6 Å². The summed E-state index contributed by atoms with van der Waals surface area (Å²) in [5, 5.41) is 0. The molecule has 1 saturated heterocycles. The molecule has 0 aliphatic carbocycles. The van der Waals surface area contributed by atoms with Crippen LogP contribution in [0.2, 0.25) is 0 Å². The van der Waals surface area contributed by atoms with Gasteiger partial charge in [-0.2, -0.15) is 0 Å². The van der Waals surface area contributed by atoms with Gasteiger partial charge in [-0.3, -0.25) is 0 Å². The predicted molar refractivity (Wildman–Crippen MR) is 43.4 cm³/mol. The third-order valence-electron chi connectivity index (χ3n) is 2.09. The highest BCUT2D eigenvalue weighted by Crippen LogP contribution is 2.10. The number of ether oxygens (including phenoxy) is 2. The van der Waals surface area contributed by atoms with Crippen molar-refractivity contribution in [3.63, 3.8) is 0 Å². The minimum Gasteiger partial charge on any atom is -0.376 e. The monoisotopic (exact) mass is 159 g/mol. The molecule has 0 aromatic carbocycles. The van der Waals surface area contributed by atoms with Gasteiger partial charge in [0.2, 0.25) is 0 Å². The average molecular weight is 159 g/mol. The summed E-state index contributed by atoms with van der Waals surface area (Å²) in [7, 11) is 0. The highest BCUT2D eigenvalue weighted by Gasteiger charge is 2.23. The maximum Gasteiger partial charge on any atom is 0.105 e. The molecule has 3 nitrogen and oxygen atoms in total. The summed E-state index contributed by atoms with van der Waals surface area (Å²) in [4.78, 5) is 0. The van der Waals surface area contributed by atoms with Crippen molar-refractivity contribution in [3.8, 4) is 0 Å². The second-order valence-corrected chi connectivity index (χ2v) is 3.07. The molecule has 0 spiro atoms. The number of rotatable bonds is 4. The smallest absolute Gasteiger partial charge is 0.105 e. The first-order valence-electron chi connectivity index (χ1n) is 4.22. The number of nitrogens with two attached hydrogens (primary N) is 1. The van der Waals surface area contributed by atoms with E-state index in [-0.39, 0.29) is 12.1 Å². The van der Waals surface area contributed by atoms with Gasteiger partial charge in [0, 0.05) is 6.04 Å². The Morgan fingerprint density at radius 3 is 2.64 bits per heavy atom. The molecule has 0 amide bonds. The van der Waals surface area contributed by atoms with Gasteiger partial charge >= 0.3 is 0 Å². The Kier molecular flexibility index (Phi) is 3.30. The minimum absolute atomic E-state index is 0.161. The topological polar surface area (TPSA) is 44.5 Å². The standard InChI is InChI=1S/C8H17NO2/c1-3-8(9)6(2)11-7-4-10-5-7/h6-8H,3-5,9H2,1-2H3. The van der Waals surface area contributed by atoms with Gasteiger partial charge in [0.1, 0.15) is 6.10 Å². The third kappa shape index (κ3) is 2.43. The summed E-state index contributed by atoms with van der Waals surface area (Å²) < 4.78 is 10.6. The van der Waals surface area contributed by atoms with Crippen molar-refractivity contribution in [2.45, 2.75) is 38.5 Å². The molecule has 1 heterocycles. The van der Waals surface area contributed by atoms with E-state index in [9.17, 15) is 0 Å². The lowest BCUT2D eigenvalue weighted by atomic mass is 10.1. The molecule has 0 aromatic rings. The second kappa shape index (κ2) is 4.04. The zero-order valence-corrected chi connectivity index (χ0v) is 7.25. The van der Waals surface area contributed by atoms with E-state index in [1.165, 1.54) is 0 Å². The molecule has 0 aromatic heterocycles. The lowest BCUT2D eigenvalue weighted by molar-refractivity contribution is -0.154. The van der Waals surface area contributed by atoms with Crippen LogP contribution in [0, 0.1) is 0 Å². The zero-order valence-electron chi connectivity index (χ0n) is 7.25. The molecule has 66 valence electrons. The molecule has 2 atom stereocenters. The predicted octanol–water partition coefficient (Wildman–Crippen LogP) is 0.528. The Hall–Kier alpha value is -0.120. The van der Waals surface area contributed by atoms with E-state index in [1.807, 2.05) is 6.92 Å². The summed E-state index contributed by atoms with van der Waals surface area (Å²) in [6.45, 7) is 5.57. The van der Waals surface area contributed by atoms with Crippen molar-refractivity contribution >= 4 is 0 Å². The molecule has 3 heteroatoms. The van der Waals surface area contributed by atoms with Crippen molar-refractivity contribution in [3.05, 3.63) is 0 Å². The molecule has 0 bridgehead atoms. The third-order valence-corrected chi connectivity index (χ3v) is 2.09. The fourth-order valence-electron chi connectivity index (χ4n) is 1.03. The maximum atomic E-state index is 5.78. The number of hydrogen-bond acceptors (Lipinski definition) is 3. The summed E-state index contributed by atoms with van der Waals surface area (Å²) in [6, 6.07) is 0.163. The van der Waals surface area contributed by atoms with Crippen LogP contribution in [0.4, 0.5) is 0 Å². The van der Waals surface area contributed by atoms with Crippen LogP contribution in [-0.2, 0) is 9.47 Å². The van der Waals surface area contributed by atoms with Crippen LogP contribution in [0.25, 0.3) is 0 Å². The summed E-state index contributed by atoms with van der Waals surface area (Å²) in [5.74, 6) is 0. The molecule has 1 rings (SSSR count). The fraction of sp³-hybridized carbons (Fsp3) is 1.00. The largest absolute Gasteiger partial charge is 0.376 e. The average Bonchev–Trinajstić information content (AvgIpc) is 1.94. The highest BCUT2D eigenvalue weighted by atomic mass is 16.6. The fourth-order valence-corrected chi connectivity index (χ4v) is 1.03. The van der Waals surface area contributed by atoms with Crippen LogP contribution in [0.1, 0.15) is 20.3 Å². The Balaban J connectivity index is 2.13. The van der Waals surface area contributed by atoms with Crippen LogP contribution in [0.3, 0.4) is 0 Å². The Bertz CT molecular complexity index is 115. The molecule has 2 unspecified atom stereocenters. The zero-order chi connectivity index (χ0) is 8.27. The van der Waals surface area contributed by atoms with Crippen LogP contribution in [0.5, 0.6) is 0 Å². The van der Waals surface area contributed by atoms with E-state index in [2.05, 4.69) is 6.92 Å². The molecular weight excluding hydrogens is 142 g/mol. The normalized spacial score (nSPS) is 24.3. The van der Waals surface area contributed by atoms with Crippen molar-refractivity contribution in [2.75, 3.05) is 13.2 Å². The van der Waals surface area contributed by atoms with Gasteiger partial charge in [0.25, 0.3) is 0 Å². The second-order valence-electron chi connectivity index (χ2n) is 3.07. The first-order chi connectivity index (χ1) is 5.24. The minimum atomic E-state index is 0.161. The Labute approximate surface area is 67.9 Å². The SMILES string of the molecule is CCC(N)C(C)OC1COC1. The quantitative estimate of drug-likeness (QED) is 0.650. The maximum absolute atomic E-state index is 5.78. The van der Waals surface area contributed by atoms with E-state index < -0.39 is 0 Å². The molecule has 11 heavy (non-hydrogen) atoms. The molecular formula is C8H17NO2. The van der Waals surface area contributed by atoms with Gasteiger partial charge in [0.05, 0.1) is 19.3 Å². The van der Waals surface area contributed by atoms with E-state index in [4.69, 9.17) is 15.2 Å². The summed E-state index contributed by atoms with van der Waals surface area (Å²) >= 11 is 0. The van der Waals surface area contributed by atoms with Gasteiger partial charge in [-0.1, -0.05) is 6.92 Å². The van der Waals surface area contributed by atoms with Gasteiger partial charge in [-0.25, -0.2) is 0 Å². The molecule has 1 aliphatic heterocycles. The van der Waals surface area contributed by atoms with Crippen LogP contribution in [-0.4, -0.2) is 31.5 Å². The summed E-state index contributed by atoms with van der Waals surface area (Å²) in [6.07, 6.45) is 1.42. The van der Waals surface area contributed by atoms with Crippen molar-refractivity contribution in [1.29, 1.82) is 0 Å².